The van der Waals surface area contributed by atoms with Gasteiger partial charge in [-0.1, -0.05) is 32.4 Å². The highest BCUT2D eigenvalue weighted by molar-refractivity contribution is 6.30. The Morgan fingerprint density at radius 2 is 1.77 bits per heavy atom. The van der Waals surface area contributed by atoms with E-state index in [0.29, 0.717) is 16.9 Å². The predicted molar refractivity (Wildman–Crippen MR) is 54.7 cm³/mol. The van der Waals surface area contributed by atoms with Crippen molar-refractivity contribution in [1.29, 1.82) is 0 Å². The largest absolute Gasteiger partial charge is 0.207 e. The van der Waals surface area contributed by atoms with E-state index in [-0.39, 0.29) is 5.82 Å². The highest BCUT2D eigenvalue weighted by Crippen LogP contribution is 2.26. The third kappa shape index (κ3) is 2.70. The molecular formula is C11H14ClF. The Hall–Kier alpha value is -0.560. The van der Waals surface area contributed by atoms with Crippen molar-refractivity contribution in [3.63, 3.8) is 0 Å². The van der Waals surface area contributed by atoms with E-state index in [1.807, 2.05) is 6.07 Å². The maximum atomic E-state index is 13.0. The molecule has 1 atom stereocenters. The van der Waals surface area contributed by atoms with Crippen LogP contribution in [0.5, 0.6) is 0 Å². The molecule has 0 aliphatic heterocycles. The van der Waals surface area contributed by atoms with Gasteiger partial charge in [0.25, 0.3) is 0 Å². The molecule has 1 aromatic carbocycles. The molecule has 0 saturated carbocycles. The van der Waals surface area contributed by atoms with Crippen molar-refractivity contribution < 1.29 is 4.39 Å². The lowest BCUT2D eigenvalue weighted by atomic mass is 9.90. The zero-order chi connectivity index (χ0) is 10.0. The second-order valence-electron chi connectivity index (χ2n) is 3.74. The standard InChI is InChI=1S/C11H14ClF/c1-7(2)8(3)9-4-10(12)6-11(13)5-9/h4-8H,1-3H3. The highest BCUT2D eigenvalue weighted by Gasteiger charge is 2.11. The molecule has 13 heavy (non-hydrogen) atoms. The van der Waals surface area contributed by atoms with Gasteiger partial charge in [0.1, 0.15) is 5.82 Å². The van der Waals surface area contributed by atoms with Crippen molar-refractivity contribution in [3.8, 4) is 0 Å². The molecule has 0 fully saturated rings. The van der Waals surface area contributed by atoms with Crippen LogP contribution in [0.4, 0.5) is 4.39 Å². The summed E-state index contributed by atoms with van der Waals surface area (Å²) in [5, 5.41) is 0.475. The lowest BCUT2D eigenvalue weighted by Gasteiger charge is -2.16. The van der Waals surface area contributed by atoms with Gasteiger partial charge in [0.05, 0.1) is 0 Å². The molecule has 1 aromatic rings. The van der Waals surface area contributed by atoms with E-state index in [9.17, 15) is 4.39 Å². The van der Waals surface area contributed by atoms with E-state index >= 15 is 0 Å². The van der Waals surface area contributed by atoms with Crippen LogP contribution in [0.25, 0.3) is 0 Å². The molecule has 0 saturated heterocycles. The molecule has 0 aliphatic carbocycles. The van der Waals surface area contributed by atoms with Crippen LogP contribution in [0.1, 0.15) is 32.3 Å². The van der Waals surface area contributed by atoms with Crippen LogP contribution in [-0.2, 0) is 0 Å². The van der Waals surface area contributed by atoms with Crippen LogP contribution in [0.2, 0.25) is 5.02 Å². The van der Waals surface area contributed by atoms with Gasteiger partial charge in [-0.2, -0.15) is 0 Å². The van der Waals surface area contributed by atoms with Crippen molar-refractivity contribution in [3.05, 3.63) is 34.6 Å². The normalized spacial score (nSPS) is 13.4. The Bertz CT molecular complexity index is 274. The first kappa shape index (κ1) is 10.5. The smallest absolute Gasteiger partial charge is 0.124 e. The summed E-state index contributed by atoms with van der Waals surface area (Å²) < 4.78 is 13.0. The van der Waals surface area contributed by atoms with Crippen LogP contribution in [0.15, 0.2) is 18.2 Å². The lowest BCUT2D eigenvalue weighted by molar-refractivity contribution is 0.530. The lowest BCUT2D eigenvalue weighted by Crippen LogP contribution is -2.02. The Morgan fingerprint density at radius 3 is 2.23 bits per heavy atom. The second-order valence-corrected chi connectivity index (χ2v) is 4.17. The maximum absolute atomic E-state index is 13.0. The third-order valence-electron chi connectivity index (χ3n) is 2.41. The molecule has 0 aliphatic rings. The average molecular weight is 201 g/mol. The Balaban J connectivity index is 3.01. The topological polar surface area (TPSA) is 0 Å². The summed E-state index contributed by atoms with van der Waals surface area (Å²) in [6.45, 7) is 6.31. The Kier molecular flexibility index (Phi) is 3.32. The molecule has 1 unspecified atom stereocenters. The molecule has 1 rings (SSSR count). The van der Waals surface area contributed by atoms with Crippen molar-refractivity contribution in [2.75, 3.05) is 0 Å². The second kappa shape index (κ2) is 4.10. The quantitative estimate of drug-likeness (QED) is 0.670. The number of rotatable bonds is 2. The first-order valence-corrected chi connectivity index (χ1v) is 4.84. The third-order valence-corrected chi connectivity index (χ3v) is 2.63. The van der Waals surface area contributed by atoms with Crippen LogP contribution < -0.4 is 0 Å². The predicted octanol–water partition coefficient (Wildman–Crippen LogP) is 4.24. The number of benzene rings is 1. The molecule has 0 aromatic heterocycles. The molecule has 0 radical (unpaired) electrons. The minimum absolute atomic E-state index is 0.255. The van der Waals surface area contributed by atoms with Gasteiger partial charge in [0.15, 0.2) is 0 Å². The minimum atomic E-state index is -0.255. The van der Waals surface area contributed by atoms with E-state index in [0.717, 1.165) is 5.56 Å². The van der Waals surface area contributed by atoms with Crippen LogP contribution >= 0.6 is 11.6 Å². The zero-order valence-corrected chi connectivity index (χ0v) is 8.90. The van der Waals surface area contributed by atoms with Crippen LogP contribution in [-0.4, -0.2) is 0 Å². The minimum Gasteiger partial charge on any atom is -0.207 e. The van der Waals surface area contributed by atoms with Gasteiger partial charge in [0.2, 0.25) is 0 Å². The number of halogens is 2. The first-order valence-electron chi connectivity index (χ1n) is 4.46. The molecule has 72 valence electrons. The molecule has 0 N–H and O–H groups in total. The summed E-state index contributed by atoms with van der Waals surface area (Å²) in [7, 11) is 0. The molecule has 0 amide bonds. The summed E-state index contributed by atoms with van der Waals surface area (Å²) in [5.74, 6) is 0.584. The Morgan fingerprint density at radius 1 is 1.15 bits per heavy atom. The molecule has 0 heterocycles. The van der Waals surface area contributed by atoms with Gasteiger partial charge >= 0.3 is 0 Å². The van der Waals surface area contributed by atoms with Crippen molar-refractivity contribution in [2.45, 2.75) is 26.7 Å². The van der Waals surface area contributed by atoms with Crippen LogP contribution in [0.3, 0.4) is 0 Å². The number of hydrogen-bond donors (Lipinski definition) is 0. The Labute approximate surface area is 83.7 Å². The SMILES string of the molecule is CC(C)C(C)c1cc(F)cc(Cl)c1. The van der Waals surface area contributed by atoms with E-state index in [2.05, 4.69) is 20.8 Å². The van der Waals surface area contributed by atoms with E-state index in [1.54, 1.807) is 6.07 Å². The van der Waals surface area contributed by atoms with Crippen LogP contribution in [0, 0.1) is 11.7 Å². The van der Waals surface area contributed by atoms with Crippen molar-refractivity contribution >= 4 is 11.6 Å². The zero-order valence-electron chi connectivity index (χ0n) is 8.14. The summed E-state index contributed by atoms with van der Waals surface area (Å²) in [4.78, 5) is 0. The summed E-state index contributed by atoms with van der Waals surface area (Å²) in [6, 6.07) is 4.71. The number of hydrogen-bond acceptors (Lipinski definition) is 0. The first-order chi connectivity index (χ1) is 6.00. The molecular weight excluding hydrogens is 187 g/mol. The van der Waals surface area contributed by atoms with Crippen molar-refractivity contribution in [1.82, 2.24) is 0 Å². The van der Waals surface area contributed by atoms with Gasteiger partial charge in [-0.3, -0.25) is 0 Å². The van der Waals surface area contributed by atoms with Gasteiger partial charge in [-0.15, -0.1) is 0 Å². The van der Waals surface area contributed by atoms with Gasteiger partial charge < -0.3 is 0 Å². The van der Waals surface area contributed by atoms with Gasteiger partial charge in [0, 0.05) is 5.02 Å². The fraction of sp³-hybridized carbons (Fsp3) is 0.455. The van der Waals surface area contributed by atoms with Crippen molar-refractivity contribution in [2.24, 2.45) is 5.92 Å². The monoisotopic (exact) mass is 200 g/mol. The fourth-order valence-corrected chi connectivity index (χ4v) is 1.45. The molecule has 0 nitrogen and oxygen atoms in total. The van der Waals surface area contributed by atoms with E-state index < -0.39 is 0 Å². The molecule has 2 heteroatoms. The molecule has 0 bridgehead atoms. The average Bonchev–Trinajstić information content (AvgIpc) is 2.01. The fourth-order valence-electron chi connectivity index (χ4n) is 1.22. The summed E-state index contributed by atoms with van der Waals surface area (Å²) >= 11 is 5.76. The van der Waals surface area contributed by atoms with E-state index in [4.69, 9.17) is 11.6 Å². The summed E-state index contributed by atoms with van der Waals surface area (Å²) in [6.07, 6.45) is 0. The van der Waals surface area contributed by atoms with Gasteiger partial charge in [-0.05, 0) is 35.6 Å². The summed E-state index contributed by atoms with van der Waals surface area (Å²) in [5.41, 5.74) is 0.972. The molecule has 0 spiro atoms. The van der Waals surface area contributed by atoms with Gasteiger partial charge in [-0.25, -0.2) is 4.39 Å². The maximum Gasteiger partial charge on any atom is 0.124 e. The highest BCUT2D eigenvalue weighted by atomic mass is 35.5. The van der Waals surface area contributed by atoms with E-state index in [1.165, 1.54) is 6.07 Å².